The lowest BCUT2D eigenvalue weighted by Gasteiger charge is -2.05. The van der Waals surface area contributed by atoms with Gasteiger partial charge in [-0.15, -0.1) is 0 Å². The fourth-order valence-corrected chi connectivity index (χ4v) is 2.21. The van der Waals surface area contributed by atoms with Crippen molar-refractivity contribution in [2.24, 2.45) is 0 Å². The van der Waals surface area contributed by atoms with Crippen molar-refractivity contribution in [1.29, 1.82) is 0 Å². The third kappa shape index (κ3) is 3.38. The number of methoxy groups -OCH3 is 1. The Hall–Kier alpha value is -2.40. The van der Waals surface area contributed by atoms with Gasteiger partial charge in [-0.3, -0.25) is 9.67 Å². The Morgan fingerprint density at radius 1 is 1.19 bits per heavy atom. The van der Waals surface area contributed by atoms with E-state index < -0.39 is 0 Å². The Morgan fingerprint density at radius 3 is 3.05 bits per heavy atom. The molecule has 0 radical (unpaired) electrons. The highest BCUT2D eigenvalue weighted by Crippen LogP contribution is 2.15. The van der Waals surface area contributed by atoms with Gasteiger partial charge in [-0.05, 0) is 23.1 Å². The summed E-state index contributed by atoms with van der Waals surface area (Å²) in [6.45, 7) is 2.20. The predicted octanol–water partition coefficient (Wildman–Crippen LogP) is 2.69. The second kappa shape index (κ2) is 6.37. The molecule has 5 nitrogen and oxygen atoms in total. The summed E-state index contributed by atoms with van der Waals surface area (Å²) < 4.78 is 6.91. The number of nitrogens with one attached hydrogen (secondary N) is 1. The fourth-order valence-electron chi connectivity index (χ4n) is 2.21. The van der Waals surface area contributed by atoms with Crippen molar-refractivity contribution < 1.29 is 4.74 Å². The van der Waals surface area contributed by atoms with Gasteiger partial charge in [-0.25, -0.2) is 0 Å². The standard InChI is InChI=1S/C16H18N4O/c1-21-7-6-20-12-16(11-19-20)18-9-13-2-3-15-10-17-5-4-14(15)8-13/h2-5,8,10-12,18H,6-7,9H2,1H3. The van der Waals surface area contributed by atoms with Crippen molar-refractivity contribution in [3.8, 4) is 0 Å². The first kappa shape index (κ1) is 13.6. The Balaban J connectivity index is 1.64. The molecule has 2 heterocycles. The molecule has 0 saturated heterocycles. The maximum Gasteiger partial charge on any atom is 0.0729 e. The average Bonchev–Trinajstić information content (AvgIpc) is 2.98. The molecule has 2 aromatic heterocycles. The van der Waals surface area contributed by atoms with E-state index in [9.17, 15) is 0 Å². The zero-order valence-electron chi connectivity index (χ0n) is 12.0. The van der Waals surface area contributed by atoms with Gasteiger partial charge in [0, 0.05) is 37.6 Å². The number of rotatable bonds is 6. The van der Waals surface area contributed by atoms with Gasteiger partial charge in [0.1, 0.15) is 0 Å². The first-order valence-electron chi connectivity index (χ1n) is 6.93. The minimum Gasteiger partial charge on any atom is -0.383 e. The van der Waals surface area contributed by atoms with E-state index in [1.165, 1.54) is 10.9 Å². The molecule has 0 bridgehead atoms. The molecule has 0 aliphatic rings. The van der Waals surface area contributed by atoms with Gasteiger partial charge < -0.3 is 10.1 Å². The third-order valence-electron chi connectivity index (χ3n) is 3.36. The smallest absolute Gasteiger partial charge is 0.0729 e. The lowest BCUT2D eigenvalue weighted by Crippen LogP contribution is -2.04. The molecule has 0 saturated carbocycles. The molecule has 21 heavy (non-hydrogen) atoms. The van der Waals surface area contributed by atoms with Crippen LogP contribution in [0.1, 0.15) is 5.56 Å². The molecule has 1 aromatic carbocycles. The van der Waals surface area contributed by atoms with E-state index >= 15 is 0 Å². The molecule has 0 fully saturated rings. The van der Waals surface area contributed by atoms with Crippen LogP contribution in [-0.2, 0) is 17.8 Å². The SMILES string of the molecule is COCCn1cc(NCc2ccc3cnccc3c2)cn1. The minimum absolute atomic E-state index is 0.666. The maximum absolute atomic E-state index is 5.04. The highest BCUT2D eigenvalue weighted by molar-refractivity contribution is 5.82. The maximum atomic E-state index is 5.04. The number of nitrogens with zero attached hydrogens (tertiary/aromatic N) is 3. The molecular weight excluding hydrogens is 264 g/mol. The second-order valence-electron chi connectivity index (χ2n) is 4.90. The number of anilines is 1. The van der Waals surface area contributed by atoms with Crippen molar-refractivity contribution in [3.63, 3.8) is 0 Å². The lowest BCUT2D eigenvalue weighted by atomic mass is 10.1. The Labute approximate surface area is 123 Å². The zero-order valence-corrected chi connectivity index (χ0v) is 12.0. The number of ether oxygens (including phenoxy) is 1. The molecule has 108 valence electrons. The van der Waals surface area contributed by atoms with Crippen LogP contribution in [0.2, 0.25) is 0 Å². The van der Waals surface area contributed by atoms with Crippen LogP contribution in [0.25, 0.3) is 10.8 Å². The molecule has 0 atom stereocenters. The Kier molecular flexibility index (Phi) is 4.12. The molecule has 3 aromatic rings. The molecule has 0 unspecified atom stereocenters. The van der Waals surface area contributed by atoms with E-state index in [4.69, 9.17) is 4.74 Å². The van der Waals surface area contributed by atoms with Crippen molar-refractivity contribution in [1.82, 2.24) is 14.8 Å². The summed E-state index contributed by atoms with van der Waals surface area (Å²) in [6.07, 6.45) is 7.52. The first-order valence-corrected chi connectivity index (χ1v) is 6.93. The topological polar surface area (TPSA) is 52.0 Å². The molecule has 0 aliphatic heterocycles. The largest absolute Gasteiger partial charge is 0.383 e. The highest BCUT2D eigenvalue weighted by Gasteiger charge is 2.00. The third-order valence-corrected chi connectivity index (χ3v) is 3.36. The number of hydrogen-bond acceptors (Lipinski definition) is 4. The lowest BCUT2D eigenvalue weighted by molar-refractivity contribution is 0.183. The normalized spacial score (nSPS) is 10.9. The Bertz CT molecular complexity index is 723. The number of benzene rings is 1. The zero-order chi connectivity index (χ0) is 14.5. The molecule has 5 heteroatoms. The molecule has 0 amide bonds. The molecule has 1 N–H and O–H groups in total. The van der Waals surface area contributed by atoms with Crippen LogP contribution in [-0.4, -0.2) is 28.5 Å². The number of hydrogen-bond donors (Lipinski definition) is 1. The summed E-state index contributed by atoms with van der Waals surface area (Å²) in [6, 6.07) is 8.43. The van der Waals surface area contributed by atoms with Crippen LogP contribution in [0.15, 0.2) is 49.1 Å². The highest BCUT2D eigenvalue weighted by atomic mass is 16.5. The summed E-state index contributed by atoms with van der Waals surface area (Å²) >= 11 is 0. The van der Waals surface area contributed by atoms with E-state index in [0.717, 1.165) is 24.2 Å². The second-order valence-corrected chi connectivity index (χ2v) is 4.90. The summed E-state index contributed by atoms with van der Waals surface area (Å²) in [7, 11) is 1.69. The van der Waals surface area contributed by atoms with Gasteiger partial charge in [0.15, 0.2) is 0 Å². The number of pyridine rings is 1. The van der Waals surface area contributed by atoms with Crippen LogP contribution < -0.4 is 5.32 Å². The van der Waals surface area contributed by atoms with E-state index in [2.05, 4.69) is 33.6 Å². The van der Waals surface area contributed by atoms with Gasteiger partial charge in [-0.1, -0.05) is 12.1 Å². The van der Waals surface area contributed by atoms with Crippen LogP contribution >= 0.6 is 0 Å². The quantitative estimate of drug-likeness (QED) is 0.755. The van der Waals surface area contributed by atoms with E-state index in [1.807, 2.05) is 35.5 Å². The van der Waals surface area contributed by atoms with E-state index in [1.54, 1.807) is 7.11 Å². The average molecular weight is 282 g/mol. The Morgan fingerprint density at radius 2 is 2.14 bits per heavy atom. The van der Waals surface area contributed by atoms with Crippen LogP contribution in [0.4, 0.5) is 5.69 Å². The van der Waals surface area contributed by atoms with Crippen LogP contribution in [0, 0.1) is 0 Å². The fraction of sp³-hybridized carbons (Fsp3) is 0.250. The van der Waals surface area contributed by atoms with Gasteiger partial charge in [0.25, 0.3) is 0 Å². The van der Waals surface area contributed by atoms with Crippen molar-refractivity contribution in [3.05, 3.63) is 54.6 Å². The summed E-state index contributed by atoms with van der Waals surface area (Å²) in [5.41, 5.74) is 2.25. The monoisotopic (exact) mass is 282 g/mol. The van der Waals surface area contributed by atoms with Gasteiger partial charge in [0.2, 0.25) is 0 Å². The first-order chi connectivity index (χ1) is 10.3. The molecule has 0 aliphatic carbocycles. The van der Waals surface area contributed by atoms with Gasteiger partial charge >= 0.3 is 0 Å². The minimum atomic E-state index is 0.666. The summed E-state index contributed by atoms with van der Waals surface area (Å²) in [4.78, 5) is 4.13. The van der Waals surface area contributed by atoms with Crippen LogP contribution in [0.5, 0.6) is 0 Å². The van der Waals surface area contributed by atoms with E-state index in [0.29, 0.717) is 6.61 Å². The van der Waals surface area contributed by atoms with Crippen molar-refractivity contribution >= 4 is 16.5 Å². The molecule has 3 rings (SSSR count). The van der Waals surface area contributed by atoms with Crippen molar-refractivity contribution in [2.75, 3.05) is 19.0 Å². The summed E-state index contributed by atoms with van der Waals surface area (Å²) in [5.74, 6) is 0. The number of aromatic nitrogens is 3. The van der Waals surface area contributed by atoms with Gasteiger partial charge in [-0.2, -0.15) is 5.10 Å². The summed E-state index contributed by atoms with van der Waals surface area (Å²) in [5, 5.41) is 10.0. The van der Waals surface area contributed by atoms with Gasteiger partial charge in [0.05, 0.1) is 25.0 Å². The molecular formula is C16H18N4O. The predicted molar refractivity (Wildman–Crippen MR) is 83.2 cm³/mol. The van der Waals surface area contributed by atoms with E-state index in [-0.39, 0.29) is 0 Å². The number of fused-ring (bicyclic) bond motifs is 1. The molecule has 0 spiro atoms. The van der Waals surface area contributed by atoms with Crippen molar-refractivity contribution in [2.45, 2.75) is 13.1 Å². The van der Waals surface area contributed by atoms with Crippen LogP contribution in [0.3, 0.4) is 0 Å².